The summed E-state index contributed by atoms with van der Waals surface area (Å²) >= 11 is 1.15. The van der Waals surface area contributed by atoms with Gasteiger partial charge in [0.2, 0.25) is 0 Å². The van der Waals surface area contributed by atoms with Gasteiger partial charge in [0.05, 0.1) is 18.4 Å². The maximum absolute atomic E-state index is 13.8. The molecule has 0 aliphatic rings. The fourth-order valence-electron chi connectivity index (χ4n) is 2.76. The number of nitrogens with zero attached hydrogens (tertiary/aromatic N) is 3. The third-order valence-corrected chi connectivity index (χ3v) is 5.09. The molecule has 0 saturated carbocycles. The van der Waals surface area contributed by atoms with Crippen molar-refractivity contribution in [2.24, 2.45) is 0 Å². The number of halogens is 3. The van der Waals surface area contributed by atoms with Crippen molar-refractivity contribution in [1.29, 1.82) is 0 Å². The Labute approximate surface area is 177 Å². The van der Waals surface area contributed by atoms with E-state index in [4.69, 9.17) is 0 Å². The van der Waals surface area contributed by atoms with Crippen molar-refractivity contribution in [3.05, 3.63) is 99.2 Å². The van der Waals surface area contributed by atoms with Gasteiger partial charge < -0.3 is 4.57 Å². The molecule has 0 unspecified atom stereocenters. The summed E-state index contributed by atoms with van der Waals surface area (Å²) in [5.41, 5.74) is 0.639. The van der Waals surface area contributed by atoms with E-state index in [0.717, 1.165) is 35.7 Å². The van der Waals surface area contributed by atoms with Crippen molar-refractivity contribution < 1.29 is 18.0 Å². The Morgan fingerprint density at radius 2 is 1.84 bits per heavy atom. The number of rotatable bonds is 5. The Hall–Kier alpha value is -3.79. The lowest BCUT2D eigenvalue weighted by Gasteiger charge is -2.08. The summed E-state index contributed by atoms with van der Waals surface area (Å²) < 4.78 is 41.0. The molecule has 6 nitrogen and oxygen atoms in total. The molecule has 0 fully saturated rings. The highest BCUT2D eigenvalue weighted by Gasteiger charge is 2.13. The molecule has 0 bridgehead atoms. The molecule has 0 saturated heterocycles. The topological polar surface area (TPSA) is 76.9 Å². The van der Waals surface area contributed by atoms with E-state index in [-0.39, 0.29) is 22.8 Å². The molecule has 3 aromatic heterocycles. The highest BCUT2D eigenvalue weighted by Crippen LogP contribution is 2.23. The van der Waals surface area contributed by atoms with Crippen molar-refractivity contribution in [2.45, 2.75) is 6.54 Å². The highest BCUT2D eigenvalue weighted by atomic mass is 32.1. The zero-order valence-corrected chi connectivity index (χ0v) is 16.5. The van der Waals surface area contributed by atoms with Crippen molar-refractivity contribution in [3.8, 4) is 11.4 Å². The average Bonchev–Trinajstić information content (AvgIpc) is 3.20. The molecule has 0 radical (unpaired) electrons. The van der Waals surface area contributed by atoms with E-state index in [9.17, 15) is 22.8 Å². The van der Waals surface area contributed by atoms with Gasteiger partial charge in [0.1, 0.15) is 23.1 Å². The van der Waals surface area contributed by atoms with Crippen LogP contribution in [0.5, 0.6) is 0 Å². The number of pyridine rings is 2. The summed E-state index contributed by atoms with van der Waals surface area (Å²) in [6, 6.07) is 8.36. The van der Waals surface area contributed by atoms with Gasteiger partial charge in [0.15, 0.2) is 5.13 Å². The van der Waals surface area contributed by atoms with E-state index in [0.29, 0.717) is 11.4 Å². The van der Waals surface area contributed by atoms with E-state index in [1.807, 2.05) is 0 Å². The number of benzene rings is 1. The van der Waals surface area contributed by atoms with Crippen LogP contribution in [0.25, 0.3) is 11.4 Å². The summed E-state index contributed by atoms with van der Waals surface area (Å²) in [5, 5.41) is 4.53. The normalized spacial score (nSPS) is 10.8. The van der Waals surface area contributed by atoms with Gasteiger partial charge in [-0.15, -0.1) is 11.3 Å². The standard InChI is InChI=1S/C21H13F3N4O2S/c22-14-2-1-13(16(24)8-14)10-28-6-5-12(7-19(28)29)20(30)27-21-26-18(11-31-21)17-4-3-15(23)9-25-17/h1-9,11H,10H2,(H,26,27,30). The smallest absolute Gasteiger partial charge is 0.257 e. The van der Waals surface area contributed by atoms with Crippen LogP contribution in [0.15, 0.2) is 65.0 Å². The number of carbonyl (C=O) groups excluding carboxylic acids is 1. The second kappa shape index (κ2) is 8.52. The molecule has 4 rings (SSSR count). The number of nitrogens with one attached hydrogen (secondary N) is 1. The maximum Gasteiger partial charge on any atom is 0.257 e. The van der Waals surface area contributed by atoms with Crippen molar-refractivity contribution >= 4 is 22.4 Å². The fourth-order valence-corrected chi connectivity index (χ4v) is 3.46. The quantitative estimate of drug-likeness (QED) is 0.505. The number of thiazole rings is 1. The predicted molar refractivity (Wildman–Crippen MR) is 109 cm³/mol. The van der Waals surface area contributed by atoms with E-state index >= 15 is 0 Å². The molecule has 3 heterocycles. The van der Waals surface area contributed by atoms with Gasteiger partial charge in [-0.25, -0.2) is 18.2 Å². The van der Waals surface area contributed by atoms with Crippen LogP contribution in [-0.2, 0) is 6.54 Å². The van der Waals surface area contributed by atoms with Crippen LogP contribution >= 0.6 is 11.3 Å². The lowest BCUT2D eigenvalue weighted by Crippen LogP contribution is -2.23. The van der Waals surface area contributed by atoms with E-state index in [1.165, 1.54) is 35.0 Å². The Balaban J connectivity index is 1.47. The Morgan fingerprint density at radius 1 is 1.03 bits per heavy atom. The first-order valence-corrected chi connectivity index (χ1v) is 9.80. The van der Waals surface area contributed by atoms with Crippen LogP contribution in [-0.4, -0.2) is 20.4 Å². The van der Waals surface area contributed by atoms with Crippen LogP contribution in [0.4, 0.5) is 18.3 Å². The zero-order chi connectivity index (χ0) is 22.0. The minimum atomic E-state index is -0.760. The van der Waals surface area contributed by atoms with Crippen LogP contribution in [0, 0.1) is 17.5 Å². The van der Waals surface area contributed by atoms with Crippen molar-refractivity contribution in [1.82, 2.24) is 14.5 Å². The predicted octanol–water partition coefficient (Wildman–Crippen LogP) is 4.08. The lowest BCUT2D eigenvalue weighted by molar-refractivity contribution is 0.102. The van der Waals surface area contributed by atoms with Crippen molar-refractivity contribution in [2.75, 3.05) is 5.32 Å². The van der Waals surface area contributed by atoms with Crippen LogP contribution in [0.2, 0.25) is 0 Å². The summed E-state index contributed by atoms with van der Waals surface area (Å²) in [6.45, 7) is -0.104. The Bertz CT molecular complexity index is 1320. The van der Waals surface area contributed by atoms with Gasteiger partial charge in [0, 0.05) is 34.8 Å². The molecule has 4 aromatic rings. The summed E-state index contributed by atoms with van der Waals surface area (Å²) in [5.74, 6) is -2.49. The Kier molecular flexibility index (Phi) is 5.63. The number of hydrogen-bond donors (Lipinski definition) is 1. The fraction of sp³-hybridized carbons (Fsp3) is 0.0476. The number of aromatic nitrogens is 3. The number of anilines is 1. The van der Waals surface area contributed by atoms with Gasteiger partial charge in [-0.3, -0.25) is 19.9 Å². The largest absolute Gasteiger partial charge is 0.311 e. The highest BCUT2D eigenvalue weighted by molar-refractivity contribution is 7.14. The molecule has 0 aliphatic heterocycles. The molecule has 1 N–H and O–H groups in total. The number of carbonyl (C=O) groups is 1. The molecule has 0 spiro atoms. The van der Waals surface area contributed by atoms with Crippen molar-refractivity contribution in [3.63, 3.8) is 0 Å². The first kappa shape index (κ1) is 20.5. The molecule has 1 aromatic carbocycles. The number of amides is 1. The molecule has 31 heavy (non-hydrogen) atoms. The SMILES string of the molecule is O=C(Nc1nc(-c2ccc(F)cn2)cs1)c1ccn(Cc2ccc(F)cc2F)c(=O)c1. The Morgan fingerprint density at radius 3 is 2.55 bits per heavy atom. The van der Waals surface area contributed by atoms with E-state index in [1.54, 1.807) is 5.38 Å². The average molecular weight is 442 g/mol. The second-order valence-electron chi connectivity index (χ2n) is 6.47. The summed E-state index contributed by atoms with van der Waals surface area (Å²) in [4.78, 5) is 33.0. The zero-order valence-electron chi connectivity index (χ0n) is 15.7. The van der Waals surface area contributed by atoms with Gasteiger partial charge in [-0.05, 0) is 24.3 Å². The van der Waals surface area contributed by atoms with Crippen LogP contribution in [0.3, 0.4) is 0 Å². The number of hydrogen-bond acceptors (Lipinski definition) is 5. The third kappa shape index (κ3) is 4.69. The molecule has 156 valence electrons. The van der Waals surface area contributed by atoms with Gasteiger partial charge in [0.25, 0.3) is 11.5 Å². The van der Waals surface area contributed by atoms with Gasteiger partial charge >= 0.3 is 0 Å². The van der Waals surface area contributed by atoms with Crippen LogP contribution < -0.4 is 10.9 Å². The monoisotopic (exact) mass is 442 g/mol. The van der Waals surface area contributed by atoms with E-state index < -0.39 is 28.9 Å². The first-order valence-electron chi connectivity index (χ1n) is 8.92. The van der Waals surface area contributed by atoms with E-state index in [2.05, 4.69) is 15.3 Å². The maximum atomic E-state index is 13.8. The summed E-state index contributed by atoms with van der Waals surface area (Å²) in [7, 11) is 0. The molecule has 0 atom stereocenters. The minimum Gasteiger partial charge on any atom is -0.311 e. The molecule has 0 aliphatic carbocycles. The van der Waals surface area contributed by atoms with Crippen LogP contribution in [0.1, 0.15) is 15.9 Å². The minimum absolute atomic E-state index is 0.0949. The molecular formula is C21H13F3N4O2S. The molecule has 1 amide bonds. The van der Waals surface area contributed by atoms with Gasteiger partial charge in [-0.1, -0.05) is 6.07 Å². The summed E-state index contributed by atoms with van der Waals surface area (Å²) in [6.07, 6.45) is 2.43. The lowest BCUT2D eigenvalue weighted by atomic mass is 10.2. The molecular weight excluding hydrogens is 429 g/mol. The van der Waals surface area contributed by atoms with Gasteiger partial charge in [-0.2, -0.15) is 0 Å². The first-order chi connectivity index (χ1) is 14.9. The third-order valence-electron chi connectivity index (χ3n) is 4.33. The molecule has 10 heteroatoms. The second-order valence-corrected chi connectivity index (χ2v) is 7.33.